The fourth-order valence-corrected chi connectivity index (χ4v) is 1.46. The van der Waals surface area contributed by atoms with Gasteiger partial charge in [0.15, 0.2) is 0 Å². The molecule has 1 saturated carbocycles. The Kier molecular flexibility index (Phi) is 2.94. The lowest BCUT2D eigenvalue weighted by molar-refractivity contribution is 0.423. The average molecular weight is 155 g/mol. The second-order valence-electron chi connectivity index (χ2n) is 4.38. The van der Waals surface area contributed by atoms with Crippen molar-refractivity contribution in [1.82, 2.24) is 5.32 Å². The van der Waals surface area contributed by atoms with Crippen LogP contribution in [0.15, 0.2) is 0 Å². The molecule has 66 valence electrons. The minimum Gasteiger partial charge on any atom is -0.316 e. The van der Waals surface area contributed by atoms with Crippen LogP contribution in [0.25, 0.3) is 0 Å². The summed E-state index contributed by atoms with van der Waals surface area (Å²) >= 11 is 0. The van der Waals surface area contributed by atoms with E-state index in [4.69, 9.17) is 0 Å². The van der Waals surface area contributed by atoms with Crippen LogP contribution in [-0.2, 0) is 0 Å². The first-order valence-corrected chi connectivity index (χ1v) is 4.89. The molecule has 0 aromatic rings. The van der Waals surface area contributed by atoms with Gasteiger partial charge in [0.25, 0.3) is 0 Å². The van der Waals surface area contributed by atoms with Crippen molar-refractivity contribution in [3.63, 3.8) is 0 Å². The molecule has 0 aliphatic heterocycles. The molecule has 1 heteroatoms. The molecular weight excluding hydrogens is 134 g/mol. The van der Waals surface area contributed by atoms with Gasteiger partial charge in [0.1, 0.15) is 0 Å². The van der Waals surface area contributed by atoms with Gasteiger partial charge < -0.3 is 5.32 Å². The van der Waals surface area contributed by atoms with Gasteiger partial charge >= 0.3 is 0 Å². The van der Waals surface area contributed by atoms with Crippen LogP contribution in [0.1, 0.15) is 40.0 Å². The molecule has 0 radical (unpaired) electrons. The molecule has 1 aliphatic rings. The molecule has 0 aromatic carbocycles. The van der Waals surface area contributed by atoms with Gasteiger partial charge in [-0.1, -0.05) is 20.8 Å². The molecule has 0 saturated heterocycles. The fraction of sp³-hybridized carbons (Fsp3) is 1.00. The Morgan fingerprint density at radius 2 is 2.00 bits per heavy atom. The second-order valence-corrected chi connectivity index (χ2v) is 4.38. The smallest absolute Gasteiger partial charge is 0.000782 e. The monoisotopic (exact) mass is 155 g/mol. The van der Waals surface area contributed by atoms with Gasteiger partial charge in [-0.25, -0.2) is 0 Å². The van der Waals surface area contributed by atoms with E-state index in [0.29, 0.717) is 0 Å². The molecular formula is C10H21N. The van der Waals surface area contributed by atoms with Crippen molar-refractivity contribution in [3.8, 4) is 0 Å². The highest BCUT2D eigenvalue weighted by atomic mass is 14.9. The van der Waals surface area contributed by atoms with E-state index in [0.717, 1.165) is 11.3 Å². The molecule has 0 heterocycles. The standard InChI is InChI=1S/C10H21N/c1-4-10(5-6-10)8-11-7-9(2)3/h9,11H,4-8H2,1-3H3. The van der Waals surface area contributed by atoms with Crippen LogP contribution < -0.4 is 5.32 Å². The number of nitrogens with one attached hydrogen (secondary N) is 1. The third-order valence-corrected chi connectivity index (χ3v) is 2.76. The molecule has 1 fully saturated rings. The van der Waals surface area contributed by atoms with Crippen LogP contribution in [-0.4, -0.2) is 13.1 Å². The Morgan fingerprint density at radius 3 is 2.36 bits per heavy atom. The quantitative estimate of drug-likeness (QED) is 0.643. The van der Waals surface area contributed by atoms with E-state index in [1.54, 1.807) is 0 Å². The molecule has 0 unspecified atom stereocenters. The van der Waals surface area contributed by atoms with E-state index < -0.39 is 0 Å². The topological polar surface area (TPSA) is 12.0 Å². The zero-order valence-corrected chi connectivity index (χ0v) is 8.11. The summed E-state index contributed by atoms with van der Waals surface area (Å²) in [5, 5.41) is 3.54. The zero-order chi connectivity index (χ0) is 8.32. The highest BCUT2D eigenvalue weighted by molar-refractivity contribution is 4.93. The Hall–Kier alpha value is -0.0400. The first-order valence-electron chi connectivity index (χ1n) is 4.89. The summed E-state index contributed by atoms with van der Waals surface area (Å²) in [6, 6.07) is 0. The third-order valence-electron chi connectivity index (χ3n) is 2.76. The van der Waals surface area contributed by atoms with E-state index in [9.17, 15) is 0 Å². The summed E-state index contributed by atoms with van der Waals surface area (Å²) in [6.07, 6.45) is 4.27. The van der Waals surface area contributed by atoms with Crippen molar-refractivity contribution < 1.29 is 0 Å². The maximum atomic E-state index is 3.54. The van der Waals surface area contributed by atoms with E-state index in [1.807, 2.05) is 0 Å². The zero-order valence-electron chi connectivity index (χ0n) is 8.11. The second kappa shape index (κ2) is 3.57. The summed E-state index contributed by atoms with van der Waals surface area (Å²) in [4.78, 5) is 0. The van der Waals surface area contributed by atoms with Crippen molar-refractivity contribution >= 4 is 0 Å². The summed E-state index contributed by atoms with van der Waals surface area (Å²) in [5.41, 5.74) is 0.717. The van der Waals surface area contributed by atoms with E-state index in [2.05, 4.69) is 26.1 Å². The van der Waals surface area contributed by atoms with Crippen LogP contribution in [0.5, 0.6) is 0 Å². The maximum Gasteiger partial charge on any atom is 0.000782 e. The lowest BCUT2D eigenvalue weighted by Gasteiger charge is -2.14. The Labute approximate surface area is 70.6 Å². The van der Waals surface area contributed by atoms with Crippen molar-refractivity contribution in [2.75, 3.05) is 13.1 Å². The van der Waals surface area contributed by atoms with Gasteiger partial charge in [0.05, 0.1) is 0 Å². The average Bonchev–Trinajstić information content (AvgIpc) is 2.69. The molecule has 0 atom stereocenters. The van der Waals surface area contributed by atoms with Gasteiger partial charge in [-0.2, -0.15) is 0 Å². The van der Waals surface area contributed by atoms with Crippen molar-refractivity contribution in [2.45, 2.75) is 40.0 Å². The minimum absolute atomic E-state index is 0.717. The summed E-state index contributed by atoms with van der Waals surface area (Å²) < 4.78 is 0. The van der Waals surface area contributed by atoms with E-state index >= 15 is 0 Å². The predicted molar refractivity (Wildman–Crippen MR) is 49.7 cm³/mol. The first kappa shape index (κ1) is 9.05. The van der Waals surface area contributed by atoms with E-state index in [1.165, 1.54) is 32.4 Å². The first-order chi connectivity index (χ1) is 5.18. The minimum atomic E-state index is 0.717. The molecule has 1 rings (SSSR count). The number of hydrogen-bond acceptors (Lipinski definition) is 1. The number of rotatable bonds is 5. The Bertz CT molecular complexity index is 114. The highest BCUT2D eigenvalue weighted by Gasteiger charge is 2.39. The maximum absolute atomic E-state index is 3.54. The van der Waals surface area contributed by atoms with Crippen LogP contribution in [0.3, 0.4) is 0 Å². The third kappa shape index (κ3) is 2.82. The Balaban J connectivity index is 2.03. The molecule has 0 bridgehead atoms. The van der Waals surface area contributed by atoms with Gasteiger partial charge in [-0.05, 0) is 37.1 Å². The summed E-state index contributed by atoms with van der Waals surface area (Å²) in [6.45, 7) is 9.27. The Morgan fingerprint density at radius 1 is 1.36 bits per heavy atom. The lowest BCUT2D eigenvalue weighted by atomic mass is 10.0. The molecule has 0 aromatic heterocycles. The van der Waals surface area contributed by atoms with Gasteiger partial charge in [0, 0.05) is 6.54 Å². The summed E-state index contributed by atoms with van der Waals surface area (Å²) in [7, 11) is 0. The van der Waals surface area contributed by atoms with Crippen LogP contribution in [0, 0.1) is 11.3 Å². The normalized spacial score (nSPS) is 20.7. The van der Waals surface area contributed by atoms with Crippen molar-refractivity contribution in [2.24, 2.45) is 11.3 Å². The molecule has 1 aliphatic carbocycles. The van der Waals surface area contributed by atoms with Gasteiger partial charge in [-0.3, -0.25) is 0 Å². The van der Waals surface area contributed by atoms with Gasteiger partial charge in [0.2, 0.25) is 0 Å². The molecule has 1 nitrogen and oxygen atoms in total. The molecule has 1 N–H and O–H groups in total. The molecule has 0 spiro atoms. The predicted octanol–water partition coefficient (Wildman–Crippen LogP) is 2.42. The van der Waals surface area contributed by atoms with E-state index in [-0.39, 0.29) is 0 Å². The van der Waals surface area contributed by atoms with Crippen LogP contribution in [0.4, 0.5) is 0 Å². The fourth-order valence-electron chi connectivity index (χ4n) is 1.46. The molecule has 11 heavy (non-hydrogen) atoms. The molecule has 0 amide bonds. The number of hydrogen-bond donors (Lipinski definition) is 1. The van der Waals surface area contributed by atoms with Crippen molar-refractivity contribution in [3.05, 3.63) is 0 Å². The highest BCUT2D eigenvalue weighted by Crippen LogP contribution is 2.47. The summed E-state index contributed by atoms with van der Waals surface area (Å²) in [5.74, 6) is 0.794. The SMILES string of the molecule is CCC1(CNCC(C)C)CC1. The van der Waals surface area contributed by atoms with Crippen molar-refractivity contribution in [1.29, 1.82) is 0 Å². The van der Waals surface area contributed by atoms with Gasteiger partial charge in [-0.15, -0.1) is 0 Å². The largest absolute Gasteiger partial charge is 0.316 e. The van der Waals surface area contributed by atoms with Crippen LogP contribution >= 0.6 is 0 Å². The van der Waals surface area contributed by atoms with Crippen LogP contribution in [0.2, 0.25) is 0 Å². The lowest BCUT2D eigenvalue weighted by Crippen LogP contribution is -2.26.